The molecular formula is C85H66N6. The van der Waals surface area contributed by atoms with E-state index in [4.69, 9.17) is 19.9 Å². The van der Waals surface area contributed by atoms with Gasteiger partial charge in [0.25, 0.3) is 0 Å². The molecule has 436 valence electrons. The van der Waals surface area contributed by atoms with Crippen molar-refractivity contribution in [2.75, 3.05) is 9.80 Å². The van der Waals surface area contributed by atoms with Gasteiger partial charge in [-0.25, -0.2) is 19.9 Å². The summed E-state index contributed by atoms with van der Waals surface area (Å²) in [6.07, 6.45) is 24.8. The minimum Gasteiger partial charge on any atom is -0.279 e. The van der Waals surface area contributed by atoms with Crippen LogP contribution in [0.5, 0.6) is 0 Å². The quantitative estimate of drug-likeness (QED) is 0.128. The highest BCUT2D eigenvalue weighted by Gasteiger charge is 2.40. The van der Waals surface area contributed by atoms with Crippen LogP contribution < -0.4 is 9.80 Å². The van der Waals surface area contributed by atoms with Crippen LogP contribution in [0.25, 0.3) is 90.1 Å². The molecule has 0 saturated heterocycles. The third-order valence-corrected chi connectivity index (χ3v) is 20.2. The third kappa shape index (κ3) is 8.83. The Morgan fingerprint density at radius 1 is 0.407 bits per heavy atom. The van der Waals surface area contributed by atoms with Gasteiger partial charge in [0.05, 0.1) is 5.52 Å². The van der Waals surface area contributed by atoms with Crippen LogP contribution in [-0.2, 0) is 16.2 Å². The molecule has 0 radical (unpaired) electrons. The lowest BCUT2D eigenvalue weighted by atomic mass is 9.81. The van der Waals surface area contributed by atoms with Gasteiger partial charge in [-0.3, -0.25) is 9.80 Å². The summed E-state index contributed by atoms with van der Waals surface area (Å²) in [4.78, 5) is 25.1. The van der Waals surface area contributed by atoms with Crippen LogP contribution in [0.2, 0.25) is 0 Å². The van der Waals surface area contributed by atoms with Gasteiger partial charge in [-0.05, 0) is 173 Å². The number of allylic oxidation sites excluding steroid dienone is 5. The van der Waals surface area contributed by atoms with Crippen LogP contribution in [-0.4, -0.2) is 20.7 Å². The summed E-state index contributed by atoms with van der Waals surface area (Å²) in [5, 5.41) is 5.56. The van der Waals surface area contributed by atoms with Crippen LogP contribution >= 0.6 is 0 Å². The van der Waals surface area contributed by atoms with E-state index >= 15 is 0 Å². The summed E-state index contributed by atoms with van der Waals surface area (Å²) in [5.41, 5.74) is 23.9. The van der Waals surface area contributed by atoms with Gasteiger partial charge in [-0.15, -0.1) is 0 Å². The molecule has 6 nitrogen and oxygen atoms in total. The van der Waals surface area contributed by atoms with Gasteiger partial charge in [0.1, 0.15) is 23.3 Å². The van der Waals surface area contributed by atoms with E-state index in [0.717, 1.165) is 79.2 Å². The van der Waals surface area contributed by atoms with Crippen molar-refractivity contribution in [2.24, 2.45) is 10.9 Å². The van der Waals surface area contributed by atoms with Crippen LogP contribution in [0, 0.1) is 5.92 Å². The Labute approximate surface area is 532 Å². The van der Waals surface area contributed by atoms with Crippen molar-refractivity contribution in [3.05, 3.63) is 310 Å². The number of aliphatic imine (C=N–C) groups is 1. The number of hydrogen-bond acceptors (Lipinski definition) is 6. The number of nitrogens with zero attached hydrogens (tertiary/aromatic N) is 6. The fourth-order valence-corrected chi connectivity index (χ4v) is 15.3. The number of fused-ring (bicyclic) bond motifs is 13. The van der Waals surface area contributed by atoms with Crippen LogP contribution in [0.1, 0.15) is 104 Å². The first-order chi connectivity index (χ1) is 44.3. The first kappa shape index (κ1) is 54.3. The molecule has 1 aliphatic heterocycles. The Bertz CT molecular complexity index is 5270. The molecule has 0 fully saturated rings. The molecule has 1 atom stereocenters. The zero-order chi connectivity index (χ0) is 61.3. The van der Waals surface area contributed by atoms with Crippen molar-refractivity contribution < 1.29 is 0 Å². The first-order valence-corrected chi connectivity index (χ1v) is 31.9. The van der Waals surface area contributed by atoms with Crippen molar-refractivity contribution in [3.63, 3.8) is 0 Å². The molecule has 4 heterocycles. The standard InChI is InChI=1S/C85H66N6/c1-83(2)71-47-53(23-25-55-29-37-67-69-39-33-61(51-75(69)84(3,4)73(67)49-55)90(79-41-31-59-17-9-13-21-77(59)88-79)81-63-19-11-7-15-57(63)43-45-86-81)27-35-65(71)66-36-28-54(48-72(66)83)24-26-56-30-38-68-70-40-34-62(52-76(70)85(5,6)74(68)50-56)91(80-42-32-60-18-10-14-22-78(60)89-80)82-64-20-12-8-16-58(64)44-46-87-82/h7-31,33-52,60H,32H2,1-6H3/b25-23+,26-24+. The van der Waals surface area contributed by atoms with E-state index in [0.29, 0.717) is 5.92 Å². The topological polar surface area (TPSA) is 57.5 Å². The second-order valence-corrected chi connectivity index (χ2v) is 26.7. The predicted octanol–water partition coefficient (Wildman–Crippen LogP) is 21.6. The van der Waals surface area contributed by atoms with Crippen molar-refractivity contribution in [1.82, 2.24) is 15.0 Å². The Morgan fingerprint density at radius 3 is 1.34 bits per heavy atom. The Balaban J connectivity index is 0.620. The number of rotatable bonds is 10. The molecule has 6 heteroatoms. The van der Waals surface area contributed by atoms with Gasteiger partial charge in [-0.2, -0.15) is 0 Å². The molecule has 12 aromatic rings. The molecular weight excluding hydrogens is 1100 g/mol. The van der Waals surface area contributed by atoms with Crippen LogP contribution in [0.3, 0.4) is 0 Å². The Morgan fingerprint density at radius 2 is 0.835 bits per heavy atom. The van der Waals surface area contributed by atoms with Gasteiger partial charge in [0.15, 0.2) is 0 Å². The minimum absolute atomic E-state index is 0.182. The molecule has 0 spiro atoms. The maximum atomic E-state index is 5.30. The van der Waals surface area contributed by atoms with Gasteiger partial charge in [0, 0.05) is 67.8 Å². The summed E-state index contributed by atoms with van der Waals surface area (Å²) < 4.78 is 0. The molecule has 1 unspecified atom stereocenters. The average Bonchev–Trinajstić information content (AvgIpc) is 1.63. The first-order valence-electron chi connectivity index (χ1n) is 31.9. The van der Waals surface area contributed by atoms with Gasteiger partial charge >= 0.3 is 0 Å². The van der Waals surface area contributed by atoms with E-state index < -0.39 is 0 Å². The van der Waals surface area contributed by atoms with Crippen LogP contribution in [0.4, 0.5) is 28.8 Å². The summed E-state index contributed by atoms with van der Waals surface area (Å²) in [6, 6.07) is 75.6. The lowest BCUT2D eigenvalue weighted by Crippen LogP contribution is -2.24. The fraction of sp³-hybridized carbons (Fsp3) is 0.129. The van der Waals surface area contributed by atoms with Crippen LogP contribution in [0.15, 0.2) is 260 Å². The third-order valence-electron chi connectivity index (χ3n) is 20.2. The zero-order valence-electron chi connectivity index (χ0n) is 51.9. The number of hydrogen-bond donors (Lipinski definition) is 0. The average molecular weight is 1170 g/mol. The largest absolute Gasteiger partial charge is 0.279 e. The molecule has 0 saturated carbocycles. The molecule has 5 aliphatic rings. The highest BCUT2D eigenvalue weighted by Crippen LogP contribution is 2.54. The molecule has 4 aliphatic carbocycles. The molecule has 17 rings (SSSR count). The predicted molar refractivity (Wildman–Crippen MR) is 381 cm³/mol. The number of aromatic nitrogens is 3. The van der Waals surface area contributed by atoms with Gasteiger partial charge in [0.2, 0.25) is 0 Å². The number of pyridine rings is 3. The molecule has 0 bridgehead atoms. The minimum atomic E-state index is -0.256. The monoisotopic (exact) mass is 1170 g/mol. The van der Waals surface area contributed by atoms with E-state index in [1.807, 2.05) is 12.4 Å². The van der Waals surface area contributed by atoms with E-state index in [2.05, 4.69) is 312 Å². The summed E-state index contributed by atoms with van der Waals surface area (Å²) >= 11 is 0. The van der Waals surface area contributed by atoms with Crippen molar-refractivity contribution in [1.29, 1.82) is 0 Å². The smallest absolute Gasteiger partial charge is 0.146 e. The maximum Gasteiger partial charge on any atom is 0.146 e. The number of para-hydroxylation sites is 1. The summed E-state index contributed by atoms with van der Waals surface area (Å²) in [7, 11) is 0. The normalized spacial score (nSPS) is 16.5. The maximum absolute atomic E-state index is 5.30. The second kappa shape index (κ2) is 20.6. The highest BCUT2D eigenvalue weighted by molar-refractivity contribution is 6.03. The summed E-state index contributed by atoms with van der Waals surface area (Å²) in [5.74, 6) is 3.76. The van der Waals surface area contributed by atoms with E-state index in [9.17, 15) is 0 Å². The van der Waals surface area contributed by atoms with Crippen molar-refractivity contribution in [3.8, 4) is 33.4 Å². The lowest BCUT2D eigenvalue weighted by Gasteiger charge is -2.30. The highest BCUT2D eigenvalue weighted by atomic mass is 15.3. The SMILES string of the molecule is CC1(C)c2cc(/C=C/c3ccc4c(c3)C(C)(C)c3cc(N(C5=CCC6C=CC=CC6=N5)c5nccc6ccccc56)ccc3-4)ccc2-c2ccc(/C=C/c3ccc4c(c3)C(C)(C)c3cc(N(c5ccc6ccccc6n5)c5nccc6ccccc56)ccc3-4)cc21. The number of anilines is 5. The number of benzene rings is 9. The van der Waals surface area contributed by atoms with E-state index in [-0.39, 0.29) is 16.2 Å². The zero-order valence-corrected chi connectivity index (χ0v) is 51.9. The molecule has 91 heavy (non-hydrogen) atoms. The molecule has 0 amide bonds. The van der Waals surface area contributed by atoms with Gasteiger partial charge < -0.3 is 0 Å². The van der Waals surface area contributed by atoms with Gasteiger partial charge in [-0.1, -0.05) is 236 Å². The second-order valence-electron chi connectivity index (χ2n) is 26.7. The molecule has 9 aromatic carbocycles. The lowest BCUT2D eigenvalue weighted by molar-refractivity contribution is 0.660. The van der Waals surface area contributed by atoms with Crippen molar-refractivity contribution >= 4 is 91.3 Å². The fourth-order valence-electron chi connectivity index (χ4n) is 15.3. The van der Waals surface area contributed by atoms with E-state index in [1.165, 1.54) is 89.0 Å². The van der Waals surface area contributed by atoms with Crippen molar-refractivity contribution in [2.45, 2.75) is 64.2 Å². The summed E-state index contributed by atoms with van der Waals surface area (Å²) in [6.45, 7) is 14.2. The Kier molecular flexibility index (Phi) is 12.3. The molecule has 0 N–H and O–H groups in total. The molecule has 3 aromatic heterocycles. The Hall–Kier alpha value is -10.8. The van der Waals surface area contributed by atoms with E-state index in [1.54, 1.807) is 0 Å².